The van der Waals surface area contributed by atoms with E-state index in [-0.39, 0.29) is 24.7 Å². The highest BCUT2D eigenvalue weighted by molar-refractivity contribution is 7.92. The van der Waals surface area contributed by atoms with Crippen molar-refractivity contribution in [3.8, 4) is 0 Å². The van der Waals surface area contributed by atoms with Crippen LogP contribution in [0.25, 0.3) is 0 Å². The number of amides is 2. The van der Waals surface area contributed by atoms with E-state index >= 15 is 0 Å². The van der Waals surface area contributed by atoms with Gasteiger partial charge in [0.05, 0.1) is 11.0 Å². The van der Waals surface area contributed by atoms with Gasteiger partial charge in [0, 0.05) is 13.1 Å². The van der Waals surface area contributed by atoms with Crippen LogP contribution < -0.4 is 10.6 Å². The Hall–Kier alpha value is -1.63. The van der Waals surface area contributed by atoms with Crippen LogP contribution in [-0.4, -0.2) is 32.0 Å². The summed E-state index contributed by atoms with van der Waals surface area (Å²) in [7, 11) is -3.05. The Morgan fingerprint density at radius 2 is 2.14 bits per heavy atom. The molecule has 21 heavy (non-hydrogen) atoms. The van der Waals surface area contributed by atoms with E-state index in [1.807, 2.05) is 0 Å². The number of urea groups is 1. The first-order valence-corrected chi connectivity index (χ1v) is 8.58. The highest BCUT2D eigenvalue weighted by Gasteiger charge is 2.31. The maximum absolute atomic E-state index is 13.3. The van der Waals surface area contributed by atoms with Gasteiger partial charge >= 0.3 is 6.03 Å². The fourth-order valence-electron chi connectivity index (χ4n) is 2.29. The number of hydrogen-bond donors (Lipinski definition) is 2. The van der Waals surface area contributed by atoms with E-state index in [9.17, 15) is 17.6 Å². The highest BCUT2D eigenvalue weighted by atomic mass is 32.2. The number of rotatable bonds is 4. The van der Waals surface area contributed by atoms with Crippen molar-refractivity contribution >= 4 is 15.9 Å². The fraction of sp³-hybridized carbons (Fsp3) is 0.500. The maximum atomic E-state index is 13.3. The maximum Gasteiger partial charge on any atom is 0.315 e. The van der Waals surface area contributed by atoms with Gasteiger partial charge in [0.25, 0.3) is 0 Å². The minimum atomic E-state index is -3.05. The summed E-state index contributed by atoms with van der Waals surface area (Å²) in [6, 6.07) is 4.31. The zero-order valence-electron chi connectivity index (χ0n) is 11.9. The van der Waals surface area contributed by atoms with Crippen molar-refractivity contribution in [3.63, 3.8) is 0 Å². The number of nitrogens with one attached hydrogen (secondary N) is 2. The average molecular weight is 314 g/mol. The third-order valence-electron chi connectivity index (χ3n) is 3.64. The van der Waals surface area contributed by atoms with Crippen LogP contribution in [0.4, 0.5) is 9.18 Å². The van der Waals surface area contributed by atoms with Gasteiger partial charge in [-0.15, -0.1) is 0 Å². The van der Waals surface area contributed by atoms with Gasteiger partial charge in [-0.05, 0) is 37.0 Å². The number of sulfone groups is 1. The number of benzene rings is 1. The molecular formula is C14H19FN2O3S. The van der Waals surface area contributed by atoms with E-state index in [2.05, 4.69) is 10.6 Å². The molecule has 1 atom stereocenters. The lowest BCUT2D eigenvalue weighted by Crippen LogP contribution is -2.40. The molecule has 1 fully saturated rings. The van der Waals surface area contributed by atoms with Crippen LogP contribution in [0.1, 0.15) is 24.0 Å². The second-order valence-corrected chi connectivity index (χ2v) is 7.68. The number of carbonyl (C=O) groups excluding carboxylic acids is 1. The van der Waals surface area contributed by atoms with Crippen LogP contribution in [-0.2, 0) is 16.4 Å². The molecule has 1 aromatic carbocycles. The third kappa shape index (κ3) is 4.17. The minimum absolute atomic E-state index is 0.121. The van der Waals surface area contributed by atoms with E-state index in [0.29, 0.717) is 24.0 Å². The van der Waals surface area contributed by atoms with Crippen molar-refractivity contribution < 1.29 is 17.6 Å². The standard InChI is InChI=1S/C14H19FN2O3S/c1-10-4-5-11(7-13(10)15)8-16-14(18)17-9-12-3-2-6-21(12,19)20/h4-5,7,12H,2-3,6,8-9H2,1H3,(H2,16,17,18). The van der Waals surface area contributed by atoms with Crippen molar-refractivity contribution in [3.05, 3.63) is 35.1 Å². The summed E-state index contributed by atoms with van der Waals surface area (Å²) in [5, 5.41) is 4.65. The molecule has 0 saturated carbocycles. The fourth-order valence-corrected chi connectivity index (χ4v) is 4.05. The summed E-state index contributed by atoms with van der Waals surface area (Å²) < 4.78 is 36.6. The number of carbonyl (C=O) groups is 1. The first kappa shape index (κ1) is 15.8. The molecule has 0 aliphatic carbocycles. The molecular weight excluding hydrogens is 295 g/mol. The SMILES string of the molecule is Cc1ccc(CNC(=O)NCC2CCCS2(=O)=O)cc1F. The Morgan fingerprint density at radius 1 is 1.38 bits per heavy atom. The van der Waals surface area contributed by atoms with Crippen molar-refractivity contribution in [2.24, 2.45) is 0 Å². The molecule has 2 amide bonds. The molecule has 2 rings (SSSR count). The predicted molar refractivity (Wildman–Crippen MR) is 78.2 cm³/mol. The van der Waals surface area contributed by atoms with Crippen LogP contribution in [0.15, 0.2) is 18.2 Å². The molecule has 116 valence electrons. The zero-order valence-corrected chi connectivity index (χ0v) is 12.7. The lowest BCUT2D eigenvalue weighted by atomic mass is 10.1. The lowest BCUT2D eigenvalue weighted by Gasteiger charge is -2.12. The van der Waals surface area contributed by atoms with Crippen LogP contribution in [0.2, 0.25) is 0 Å². The Morgan fingerprint density at radius 3 is 2.76 bits per heavy atom. The van der Waals surface area contributed by atoms with Crippen molar-refractivity contribution in [2.75, 3.05) is 12.3 Å². The van der Waals surface area contributed by atoms with Crippen molar-refractivity contribution in [1.29, 1.82) is 0 Å². The second kappa shape index (κ2) is 6.43. The molecule has 1 aliphatic rings. The summed E-state index contributed by atoms with van der Waals surface area (Å²) in [5.41, 5.74) is 1.20. The van der Waals surface area contributed by atoms with Gasteiger partial charge in [0.15, 0.2) is 9.84 Å². The summed E-state index contributed by atoms with van der Waals surface area (Å²) in [5.74, 6) is -0.115. The smallest absolute Gasteiger partial charge is 0.315 e. The second-order valence-electron chi connectivity index (χ2n) is 5.28. The third-order valence-corrected chi connectivity index (χ3v) is 5.92. The minimum Gasteiger partial charge on any atom is -0.337 e. The number of aryl methyl sites for hydroxylation is 1. The Kier molecular flexibility index (Phi) is 4.82. The molecule has 1 heterocycles. The Balaban J connectivity index is 1.78. The molecule has 0 spiro atoms. The quantitative estimate of drug-likeness (QED) is 0.884. The van der Waals surface area contributed by atoms with Gasteiger partial charge < -0.3 is 10.6 Å². The van der Waals surface area contributed by atoms with Crippen molar-refractivity contribution in [2.45, 2.75) is 31.6 Å². The summed E-state index contributed by atoms with van der Waals surface area (Å²) in [4.78, 5) is 11.6. The van der Waals surface area contributed by atoms with Crippen LogP contribution in [0.3, 0.4) is 0 Å². The molecule has 1 aliphatic heterocycles. The van der Waals surface area contributed by atoms with E-state index in [1.54, 1.807) is 19.1 Å². The van der Waals surface area contributed by atoms with E-state index in [1.165, 1.54) is 6.07 Å². The zero-order chi connectivity index (χ0) is 15.5. The van der Waals surface area contributed by atoms with Crippen LogP contribution in [0, 0.1) is 12.7 Å². The monoisotopic (exact) mass is 314 g/mol. The Labute approximate surface area is 123 Å². The van der Waals surface area contributed by atoms with Crippen molar-refractivity contribution in [1.82, 2.24) is 10.6 Å². The first-order valence-electron chi connectivity index (χ1n) is 6.87. The summed E-state index contributed by atoms with van der Waals surface area (Å²) in [6.07, 6.45) is 1.24. The van der Waals surface area contributed by atoms with E-state index < -0.39 is 21.1 Å². The summed E-state index contributed by atoms with van der Waals surface area (Å²) in [6.45, 7) is 1.98. The topological polar surface area (TPSA) is 75.3 Å². The molecule has 0 bridgehead atoms. The number of hydrogen-bond acceptors (Lipinski definition) is 3. The first-order chi connectivity index (χ1) is 9.88. The number of halogens is 1. The Bertz CT molecular complexity index is 631. The van der Waals surface area contributed by atoms with Gasteiger partial charge in [-0.25, -0.2) is 17.6 Å². The molecule has 5 nitrogen and oxygen atoms in total. The predicted octanol–water partition coefficient (Wildman–Crippen LogP) is 1.51. The van der Waals surface area contributed by atoms with E-state index in [0.717, 1.165) is 0 Å². The average Bonchev–Trinajstić information content (AvgIpc) is 2.76. The van der Waals surface area contributed by atoms with Gasteiger partial charge in [0.2, 0.25) is 0 Å². The summed E-state index contributed by atoms with van der Waals surface area (Å²) >= 11 is 0. The normalized spacial score (nSPS) is 20.2. The highest BCUT2D eigenvalue weighted by Crippen LogP contribution is 2.18. The molecule has 2 N–H and O–H groups in total. The molecule has 1 aromatic rings. The molecule has 1 saturated heterocycles. The molecule has 1 unspecified atom stereocenters. The van der Waals surface area contributed by atoms with E-state index in [4.69, 9.17) is 0 Å². The van der Waals surface area contributed by atoms with Gasteiger partial charge in [0.1, 0.15) is 5.82 Å². The van der Waals surface area contributed by atoms with Crippen LogP contribution >= 0.6 is 0 Å². The molecule has 0 radical (unpaired) electrons. The van der Waals surface area contributed by atoms with Gasteiger partial charge in [-0.1, -0.05) is 12.1 Å². The van der Waals surface area contributed by atoms with Gasteiger partial charge in [-0.3, -0.25) is 0 Å². The lowest BCUT2D eigenvalue weighted by molar-refractivity contribution is 0.240. The molecule has 0 aromatic heterocycles. The van der Waals surface area contributed by atoms with Gasteiger partial charge in [-0.2, -0.15) is 0 Å². The molecule has 7 heteroatoms. The van der Waals surface area contributed by atoms with Crippen LogP contribution in [0.5, 0.6) is 0 Å². The largest absolute Gasteiger partial charge is 0.337 e.